The summed E-state index contributed by atoms with van der Waals surface area (Å²) in [6.07, 6.45) is 3.72. The lowest BCUT2D eigenvalue weighted by Gasteiger charge is -2.30. The summed E-state index contributed by atoms with van der Waals surface area (Å²) < 4.78 is 20.9. The van der Waals surface area contributed by atoms with Gasteiger partial charge < -0.3 is 10.5 Å². The number of methoxy groups -OCH3 is 1. The van der Waals surface area contributed by atoms with Crippen molar-refractivity contribution in [2.24, 2.45) is 11.7 Å². The van der Waals surface area contributed by atoms with E-state index in [0.29, 0.717) is 13.1 Å². The third kappa shape index (κ3) is 4.36. The van der Waals surface area contributed by atoms with E-state index in [1.165, 1.54) is 12.1 Å². The van der Waals surface area contributed by atoms with Crippen molar-refractivity contribution in [2.75, 3.05) is 20.2 Å². The number of ether oxygens (including phenoxy) is 1. The number of amides is 1. The quantitative estimate of drug-likeness (QED) is 0.679. The second kappa shape index (κ2) is 8.67. The molecular weight excluding hydrogens is 383 g/mol. The third-order valence-electron chi connectivity index (χ3n) is 5.53. The Kier molecular flexibility index (Phi) is 5.81. The van der Waals surface area contributed by atoms with Crippen molar-refractivity contribution in [2.45, 2.75) is 19.4 Å². The lowest BCUT2D eigenvalue weighted by Crippen LogP contribution is -2.40. The maximum Gasteiger partial charge on any atom is 0.221 e. The maximum absolute atomic E-state index is 13.9. The molecule has 1 amide bonds. The lowest BCUT2D eigenvalue weighted by molar-refractivity contribution is -0.123. The predicted molar refractivity (Wildman–Crippen MR) is 113 cm³/mol. The minimum atomic E-state index is -0.302. The van der Waals surface area contributed by atoms with Crippen LogP contribution in [0.15, 0.2) is 54.7 Å². The van der Waals surface area contributed by atoms with Crippen molar-refractivity contribution in [3.05, 3.63) is 66.1 Å². The van der Waals surface area contributed by atoms with Gasteiger partial charge in [0.15, 0.2) is 0 Å². The molecule has 2 N–H and O–H groups in total. The molecule has 1 aliphatic rings. The number of nitrogens with zero attached hydrogens (tertiary/aromatic N) is 3. The Morgan fingerprint density at radius 2 is 2.07 bits per heavy atom. The molecule has 0 aliphatic carbocycles. The molecular formula is C23H25FN4O2. The highest BCUT2D eigenvalue weighted by molar-refractivity contribution is 5.77. The average molecular weight is 408 g/mol. The number of aromatic nitrogens is 2. The summed E-state index contributed by atoms with van der Waals surface area (Å²) in [7, 11) is 1.63. The number of carbonyl (C=O) groups is 1. The van der Waals surface area contributed by atoms with Gasteiger partial charge >= 0.3 is 0 Å². The summed E-state index contributed by atoms with van der Waals surface area (Å²) in [5.41, 5.74) is 8.84. The zero-order valence-corrected chi connectivity index (χ0v) is 16.9. The van der Waals surface area contributed by atoms with E-state index >= 15 is 0 Å². The fourth-order valence-electron chi connectivity index (χ4n) is 3.94. The van der Waals surface area contributed by atoms with Gasteiger partial charge in [0, 0.05) is 30.4 Å². The molecule has 1 aromatic heterocycles. The Bertz CT molecular complexity index is 1030. The zero-order valence-electron chi connectivity index (χ0n) is 16.9. The molecule has 1 atom stereocenters. The first-order valence-corrected chi connectivity index (χ1v) is 10.0. The van der Waals surface area contributed by atoms with E-state index in [1.54, 1.807) is 17.9 Å². The molecule has 30 heavy (non-hydrogen) atoms. The van der Waals surface area contributed by atoms with Crippen LogP contribution < -0.4 is 10.5 Å². The standard InChI is InChI=1S/C23H25FN4O2/c1-30-21-9-7-20(8-10-21)28-15-18(14-27-11-3-5-17(13-27)23(25)29)22(26-28)16-4-2-6-19(24)12-16/h2,4,6-10,12,15,17H,3,5,11,13-14H2,1H3,(H2,25,29)/t17-/m0/s1. The Hall–Kier alpha value is -3.19. The lowest BCUT2D eigenvalue weighted by atomic mass is 9.97. The normalized spacial score (nSPS) is 17.1. The molecule has 0 unspecified atom stereocenters. The van der Waals surface area contributed by atoms with Gasteiger partial charge in [-0.2, -0.15) is 5.10 Å². The SMILES string of the molecule is COc1ccc(-n2cc(CN3CCC[C@H](C(N)=O)C3)c(-c3cccc(F)c3)n2)cc1. The fraction of sp³-hybridized carbons (Fsp3) is 0.304. The van der Waals surface area contributed by atoms with E-state index < -0.39 is 0 Å². The van der Waals surface area contributed by atoms with Gasteiger partial charge in [0.1, 0.15) is 11.6 Å². The maximum atomic E-state index is 13.9. The topological polar surface area (TPSA) is 73.4 Å². The highest BCUT2D eigenvalue weighted by Crippen LogP contribution is 2.27. The van der Waals surface area contributed by atoms with Crippen LogP contribution in [-0.4, -0.2) is 40.8 Å². The molecule has 7 heteroatoms. The van der Waals surface area contributed by atoms with Crippen LogP contribution in [0.3, 0.4) is 0 Å². The number of carbonyl (C=O) groups excluding carboxylic acids is 1. The summed E-state index contributed by atoms with van der Waals surface area (Å²) >= 11 is 0. The molecule has 3 aromatic rings. The second-order valence-electron chi connectivity index (χ2n) is 7.63. The minimum absolute atomic E-state index is 0.131. The van der Waals surface area contributed by atoms with Crippen LogP contribution in [0.5, 0.6) is 5.75 Å². The fourth-order valence-corrected chi connectivity index (χ4v) is 3.94. The summed E-state index contributed by atoms with van der Waals surface area (Å²) in [6.45, 7) is 2.14. The van der Waals surface area contributed by atoms with Crippen LogP contribution in [0, 0.1) is 11.7 Å². The Morgan fingerprint density at radius 3 is 2.77 bits per heavy atom. The van der Waals surface area contributed by atoms with E-state index in [9.17, 15) is 9.18 Å². The van der Waals surface area contributed by atoms with Crippen LogP contribution in [0.1, 0.15) is 18.4 Å². The number of piperidine rings is 1. The van der Waals surface area contributed by atoms with E-state index in [2.05, 4.69) is 4.90 Å². The number of hydrogen-bond donors (Lipinski definition) is 1. The van der Waals surface area contributed by atoms with Crippen LogP contribution in [-0.2, 0) is 11.3 Å². The smallest absolute Gasteiger partial charge is 0.221 e. The van der Waals surface area contributed by atoms with Gasteiger partial charge in [-0.25, -0.2) is 9.07 Å². The monoisotopic (exact) mass is 408 g/mol. The molecule has 1 aliphatic heterocycles. The number of likely N-dealkylation sites (tertiary alicyclic amines) is 1. The van der Waals surface area contributed by atoms with Crippen molar-refractivity contribution in [3.63, 3.8) is 0 Å². The van der Waals surface area contributed by atoms with Gasteiger partial charge in [0.25, 0.3) is 0 Å². The molecule has 0 bridgehead atoms. The van der Waals surface area contributed by atoms with Crippen molar-refractivity contribution in [3.8, 4) is 22.7 Å². The molecule has 156 valence electrons. The first-order valence-electron chi connectivity index (χ1n) is 10.0. The van der Waals surface area contributed by atoms with E-state index in [4.69, 9.17) is 15.6 Å². The highest BCUT2D eigenvalue weighted by atomic mass is 19.1. The molecule has 1 saturated heterocycles. The van der Waals surface area contributed by atoms with Crippen molar-refractivity contribution < 1.29 is 13.9 Å². The number of primary amides is 1. The number of benzene rings is 2. The van der Waals surface area contributed by atoms with Gasteiger partial charge in [-0.05, 0) is 55.8 Å². The molecule has 4 rings (SSSR count). The summed E-state index contributed by atoms with van der Waals surface area (Å²) in [4.78, 5) is 13.9. The Morgan fingerprint density at radius 1 is 1.27 bits per heavy atom. The summed E-state index contributed by atoms with van der Waals surface area (Å²) in [5, 5.41) is 4.76. The number of halogens is 1. The van der Waals surface area contributed by atoms with Gasteiger partial charge in [-0.1, -0.05) is 12.1 Å². The molecule has 1 fully saturated rings. The number of hydrogen-bond acceptors (Lipinski definition) is 4. The van der Waals surface area contributed by atoms with Gasteiger partial charge in [0.2, 0.25) is 5.91 Å². The Labute approximate surface area is 175 Å². The third-order valence-corrected chi connectivity index (χ3v) is 5.53. The molecule has 0 spiro atoms. The minimum Gasteiger partial charge on any atom is -0.497 e. The first-order chi connectivity index (χ1) is 14.5. The van der Waals surface area contributed by atoms with Crippen LogP contribution >= 0.6 is 0 Å². The largest absolute Gasteiger partial charge is 0.497 e. The van der Waals surface area contributed by atoms with Gasteiger partial charge in [-0.3, -0.25) is 9.69 Å². The van der Waals surface area contributed by atoms with Gasteiger partial charge in [-0.15, -0.1) is 0 Å². The average Bonchev–Trinajstić information content (AvgIpc) is 3.17. The van der Waals surface area contributed by atoms with Crippen LogP contribution in [0.2, 0.25) is 0 Å². The van der Waals surface area contributed by atoms with Crippen LogP contribution in [0.4, 0.5) is 4.39 Å². The molecule has 6 nitrogen and oxygen atoms in total. The summed E-state index contributed by atoms with van der Waals surface area (Å²) in [6, 6.07) is 14.1. The molecule has 2 heterocycles. The highest BCUT2D eigenvalue weighted by Gasteiger charge is 2.25. The van der Waals surface area contributed by atoms with Crippen molar-refractivity contribution >= 4 is 5.91 Å². The second-order valence-corrected chi connectivity index (χ2v) is 7.63. The predicted octanol–water partition coefficient (Wildman–Crippen LogP) is 3.38. The van der Waals surface area contributed by atoms with Gasteiger partial charge in [0.05, 0.1) is 24.4 Å². The van der Waals surface area contributed by atoms with E-state index in [0.717, 1.165) is 47.6 Å². The van der Waals surface area contributed by atoms with Crippen LogP contribution in [0.25, 0.3) is 16.9 Å². The molecule has 2 aromatic carbocycles. The zero-order chi connectivity index (χ0) is 21.1. The first kappa shape index (κ1) is 20.1. The molecule has 0 saturated carbocycles. The number of nitrogens with two attached hydrogens (primary N) is 1. The number of rotatable bonds is 6. The molecule has 0 radical (unpaired) electrons. The van der Waals surface area contributed by atoms with Crippen molar-refractivity contribution in [1.29, 1.82) is 0 Å². The van der Waals surface area contributed by atoms with E-state index in [1.807, 2.05) is 36.5 Å². The Balaban J connectivity index is 1.68. The van der Waals surface area contributed by atoms with Crippen molar-refractivity contribution in [1.82, 2.24) is 14.7 Å². The van der Waals surface area contributed by atoms with E-state index in [-0.39, 0.29) is 17.6 Å². The summed E-state index contributed by atoms with van der Waals surface area (Å²) in [5.74, 6) is 0.0819.